The third-order valence-corrected chi connectivity index (χ3v) is 5.33. The summed E-state index contributed by atoms with van der Waals surface area (Å²) < 4.78 is 22.6. The molecule has 138 valence electrons. The molecule has 0 bridgehead atoms. The lowest BCUT2D eigenvalue weighted by Crippen LogP contribution is -2.49. The van der Waals surface area contributed by atoms with Crippen molar-refractivity contribution in [1.29, 1.82) is 0 Å². The SMILES string of the molecule is CS(=O)(=O)CCN1CCN(C(=O)c2cccc(-c3cnccn3)c2)CC1. The highest BCUT2D eigenvalue weighted by Crippen LogP contribution is 2.18. The van der Waals surface area contributed by atoms with Gasteiger partial charge < -0.3 is 4.90 Å². The zero-order valence-electron chi connectivity index (χ0n) is 14.7. The van der Waals surface area contributed by atoms with Gasteiger partial charge in [-0.25, -0.2) is 8.42 Å². The quantitative estimate of drug-likeness (QED) is 0.775. The van der Waals surface area contributed by atoms with Crippen molar-refractivity contribution in [3.05, 3.63) is 48.4 Å². The lowest BCUT2D eigenvalue weighted by Gasteiger charge is -2.34. The maximum Gasteiger partial charge on any atom is 0.253 e. The summed E-state index contributed by atoms with van der Waals surface area (Å²) in [5.41, 5.74) is 2.21. The van der Waals surface area contributed by atoms with E-state index < -0.39 is 9.84 Å². The number of aromatic nitrogens is 2. The highest BCUT2D eigenvalue weighted by atomic mass is 32.2. The molecule has 0 saturated carbocycles. The Morgan fingerprint density at radius 1 is 1.15 bits per heavy atom. The topological polar surface area (TPSA) is 83.5 Å². The zero-order valence-corrected chi connectivity index (χ0v) is 15.5. The van der Waals surface area contributed by atoms with Crippen molar-refractivity contribution >= 4 is 15.7 Å². The van der Waals surface area contributed by atoms with Crippen LogP contribution in [-0.2, 0) is 9.84 Å². The number of benzene rings is 1. The van der Waals surface area contributed by atoms with Crippen LogP contribution in [0, 0.1) is 0 Å². The van der Waals surface area contributed by atoms with Crippen LogP contribution >= 0.6 is 0 Å². The second kappa shape index (κ2) is 7.92. The Hall–Kier alpha value is -2.32. The van der Waals surface area contributed by atoms with E-state index in [2.05, 4.69) is 14.9 Å². The predicted molar refractivity (Wildman–Crippen MR) is 99.5 cm³/mol. The average Bonchev–Trinajstić information content (AvgIpc) is 2.66. The highest BCUT2D eigenvalue weighted by Gasteiger charge is 2.22. The van der Waals surface area contributed by atoms with Crippen LogP contribution in [0.2, 0.25) is 0 Å². The normalized spacial score (nSPS) is 15.8. The maximum absolute atomic E-state index is 12.8. The number of piperazine rings is 1. The van der Waals surface area contributed by atoms with Crippen molar-refractivity contribution in [3.63, 3.8) is 0 Å². The second-order valence-electron chi connectivity index (χ2n) is 6.44. The van der Waals surface area contributed by atoms with E-state index in [-0.39, 0.29) is 11.7 Å². The van der Waals surface area contributed by atoms with Gasteiger partial charge in [0.1, 0.15) is 9.84 Å². The van der Waals surface area contributed by atoms with Gasteiger partial charge in [0, 0.05) is 62.5 Å². The van der Waals surface area contributed by atoms with E-state index in [0.29, 0.717) is 38.3 Å². The second-order valence-corrected chi connectivity index (χ2v) is 8.69. The first kappa shape index (κ1) is 18.5. The van der Waals surface area contributed by atoms with Gasteiger partial charge in [0.15, 0.2) is 0 Å². The lowest BCUT2D eigenvalue weighted by molar-refractivity contribution is 0.0644. The Labute approximate surface area is 153 Å². The molecule has 0 unspecified atom stereocenters. The minimum absolute atomic E-state index is 0.0153. The average molecular weight is 374 g/mol. The van der Waals surface area contributed by atoms with Gasteiger partial charge in [-0.05, 0) is 12.1 Å². The van der Waals surface area contributed by atoms with Crippen LogP contribution in [0.3, 0.4) is 0 Å². The van der Waals surface area contributed by atoms with Crippen LogP contribution in [0.15, 0.2) is 42.9 Å². The van der Waals surface area contributed by atoms with E-state index in [9.17, 15) is 13.2 Å². The fourth-order valence-electron chi connectivity index (χ4n) is 2.91. The summed E-state index contributed by atoms with van der Waals surface area (Å²) in [5.74, 6) is 0.139. The predicted octanol–water partition coefficient (Wildman–Crippen LogP) is 0.946. The molecule has 2 heterocycles. The molecule has 1 aliphatic rings. The molecule has 1 aromatic carbocycles. The molecule has 0 aliphatic carbocycles. The van der Waals surface area contributed by atoms with Gasteiger partial charge in [-0.15, -0.1) is 0 Å². The van der Waals surface area contributed by atoms with E-state index in [4.69, 9.17) is 0 Å². The fraction of sp³-hybridized carbons (Fsp3) is 0.389. The Morgan fingerprint density at radius 3 is 2.58 bits per heavy atom. The molecule has 8 heteroatoms. The molecule has 1 fully saturated rings. The molecule has 1 saturated heterocycles. The first-order chi connectivity index (χ1) is 12.4. The first-order valence-electron chi connectivity index (χ1n) is 8.48. The Bertz CT molecular complexity index is 863. The van der Waals surface area contributed by atoms with Crippen molar-refractivity contribution in [1.82, 2.24) is 19.8 Å². The number of hydrogen-bond donors (Lipinski definition) is 0. The van der Waals surface area contributed by atoms with Gasteiger partial charge in [-0.3, -0.25) is 19.7 Å². The monoisotopic (exact) mass is 374 g/mol. The fourth-order valence-corrected chi connectivity index (χ4v) is 3.50. The van der Waals surface area contributed by atoms with E-state index >= 15 is 0 Å². The van der Waals surface area contributed by atoms with Gasteiger partial charge in [-0.1, -0.05) is 12.1 Å². The Morgan fingerprint density at radius 2 is 1.92 bits per heavy atom. The van der Waals surface area contributed by atoms with Gasteiger partial charge in [0.25, 0.3) is 5.91 Å². The molecule has 0 N–H and O–H groups in total. The molecular formula is C18H22N4O3S. The van der Waals surface area contributed by atoms with Crippen LogP contribution in [0.4, 0.5) is 0 Å². The minimum Gasteiger partial charge on any atom is -0.336 e. The summed E-state index contributed by atoms with van der Waals surface area (Å²) >= 11 is 0. The summed E-state index contributed by atoms with van der Waals surface area (Å²) in [4.78, 5) is 25.0. The molecule has 7 nitrogen and oxygen atoms in total. The first-order valence-corrected chi connectivity index (χ1v) is 10.5. The van der Waals surface area contributed by atoms with E-state index in [1.54, 1.807) is 24.7 Å². The van der Waals surface area contributed by atoms with Gasteiger partial charge in [0.05, 0.1) is 17.6 Å². The number of sulfone groups is 1. The minimum atomic E-state index is -2.96. The summed E-state index contributed by atoms with van der Waals surface area (Å²) in [5, 5.41) is 0. The molecule has 1 aliphatic heterocycles. The number of hydrogen-bond acceptors (Lipinski definition) is 6. The highest BCUT2D eigenvalue weighted by molar-refractivity contribution is 7.90. The number of rotatable bonds is 5. The van der Waals surface area contributed by atoms with E-state index in [1.165, 1.54) is 6.26 Å². The van der Waals surface area contributed by atoms with Gasteiger partial charge in [-0.2, -0.15) is 0 Å². The number of amides is 1. The van der Waals surface area contributed by atoms with Gasteiger partial charge in [0.2, 0.25) is 0 Å². The molecule has 1 amide bonds. The van der Waals surface area contributed by atoms with Crippen LogP contribution in [-0.4, -0.2) is 78.8 Å². The number of nitrogens with zero attached hydrogens (tertiary/aromatic N) is 4. The summed E-state index contributed by atoms with van der Waals surface area (Å²) in [6.07, 6.45) is 6.16. The van der Waals surface area contributed by atoms with Crippen LogP contribution in [0.25, 0.3) is 11.3 Å². The molecule has 3 rings (SSSR count). The molecule has 0 radical (unpaired) electrons. The molecule has 26 heavy (non-hydrogen) atoms. The summed E-state index contributed by atoms with van der Waals surface area (Å²) in [7, 11) is -2.96. The van der Waals surface area contributed by atoms with Crippen molar-refractivity contribution in [2.24, 2.45) is 0 Å². The summed E-state index contributed by atoms with van der Waals surface area (Å²) in [6.45, 7) is 3.08. The van der Waals surface area contributed by atoms with Crippen molar-refractivity contribution < 1.29 is 13.2 Å². The standard InChI is InChI=1S/C18H22N4O3S/c1-26(24,25)12-11-21-7-9-22(10-8-21)18(23)16-4-2-3-15(13-16)17-14-19-5-6-20-17/h2-6,13-14H,7-12H2,1H3. The van der Waals surface area contributed by atoms with E-state index in [0.717, 1.165) is 11.3 Å². The van der Waals surface area contributed by atoms with Crippen molar-refractivity contribution in [2.75, 3.05) is 44.7 Å². The molecule has 2 aromatic rings. The molecule has 0 spiro atoms. The Kier molecular flexibility index (Phi) is 5.63. The smallest absolute Gasteiger partial charge is 0.253 e. The van der Waals surface area contributed by atoms with Crippen molar-refractivity contribution in [3.8, 4) is 11.3 Å². The largest absolute Gasteiger partial charge is 0.336 e. The maximum atomic E-state index is 12.8. The molecule has 1 aromatic heterocycles. The van der Waals surface area contributed by atoms with Crippen LogP contribution in [0.5, 0.6) is 0 Å². The zero-order chi connectivity index (χ0) is 18.6. The summed E-state index contributed by atoms with van der Waals surface area (Å²) in [6, 6.07) is 7.39. The van der Waals surface area contributed by atoms with Gasteiger partial charge >= 0.3 is 0 Å². The van der Waals surface area contributed by atoms with Crippen LogP contribution < -0.4 is 0 Å². The van der Waals surface area contributed by atoms with E-state index in [1.807, 2.05) is 23.1 Å². The lowest BCUT2D eigenvalue weighted by atomic mass is 10.1. The molecule has 0 atom stereocenters. The van der Waals surface area contributed by atoms with Crippen LogP contribution in [0.1, 0.15) is 10.4 Å². The molecular weight excluding hydrogens is 352 g/mol. The third-order valence-electron chi connectivity index (χ3n) is 4.41. The number of carbonyl (C=O) groups is 1. The number of carbonyl (C=O) groups excluding carboxylic acids is 1. The Balaban J connectivity index is 1.62. The van der Waals surface area contributed by atoms with Crippen molar-refractivity contribution in [2.45, 2.75) is 0 Å². The third kappa shape index (κ3) is 4.86.